The van der Waals surface area contributed by atoms with Crippen molar-refractivity contribution in [3.8, 4) is 0 Å². The van der Waals surface area contributed by atoms with Crippen molar-refractivity contribution in [2.24, 2.45) is 17.8 Å². The molecule has 3 aliphatic rings. The lowest BCUT2D eigenvalue weighted by Gasteiger charge is -2.45. The smallest absolute Gasteiger partial charge is 0.227 e. The minimum atomic E-state index is 0.241. The van der Waals surface area contributed by atoms with Crippen LogP contribution in [0.15, 0.2) is 0 Å². The monoisotopic (exact) mass is 250 g/mol. The number of nitrogens with zero attached hydrogens (tertiary/aromatic N) is 1. The zero-order chi connectivity index (χ0) is 12.5. The van der Waals surface area contributed by atoms with Gasteiger partial charge in [0.15, 0.2) is 0 Å². The summed E-state index contributed by atoms with van der Waals surface area (Å²) in [5, 5.41) is 3.37. The van der Waals surface area contributed by atoms with Crippen LogP contribution in [0.4, 0.5) is 0 Å². The van der Waals surface area contributed by atoms with E-state index in [1.165, 1.54) is 38.5 Å². The Kier molecular flexibility index (Phi) is 3.60. The van der Waals surface area contributed by atoms with Crippen molar-refractivity contribution in [1.82, 2.24) is 10.2 Å². The Morgan fingerprint density at radius 2 is 1.89 bits per heavy atom. The minimum Gasteiger partial charge on any atom is -0.339 e. The number of fused-ring (bicyclic) bond motifs is 1. The van der Waals surface area contributed by atoms with E-state index >= 15 is 0 Å². The number of nitrogens with one attached hydrogen (secondary N) is 1. The Bertz CT molecular complexity index is 316. The molecule has 0 spiro atoms. The molecule has 3 fully saturated rings. The summed E-state index contributed by atoms with van der Waals surface area (Å²) in [6.45, 7) is 5.14. The van der Waals surface area contributed by atoms with Crippen molar-refractivity contribution < 1.29 is 4.79 Å². The van der Waals surface area contributed by atoms with Crippen molar-refractivity contribution in [2.45, 2.75) is 51.5 Å². The molecule has 2 saturated heterocycles. The molecule has 4 atom stereocenters. The number of piperidine rings is 1. The van der Waals surface area contributed by atoms with Crippen LogP contribution in [0.2, 0.25) is 0 Å². The molecule has 0 bridgehead atoms. The average molecular weight is 250 g/mol. The molecule has 0 aromatic heterocycles. The first-order valence-corrected chi connectivity index (χ1v) is 7.78. The predicted molar refractivity (Wildman–Crippen MR) is 72.2 cm³/mol. The van der Waals surface area contributed by atoms with Crippen molar-refractivity contribution in [2.75, 3.05) is 19.6 Å². The van der Waals surface area contributed by atoms with Crippen molar-refractivity contribution in [3.63, 3.8) is 0 Å². The van der Waals surface area contributed by atoms with Gasteiger partial charge in [0.25, 0.3) is 0 Å². The summed E-state index contributed by atoms with van der Waals surface area (Å²) in [5.41, 5.74) is 0. The zero-order valence-corrected chi connectivity index (χ0v) is 11.5. The van der Waals surface area contributed by atoms with Crippen molar-refractivity contribution in [1.29, 1.82) is 0 Å². The average Bonchev–Trinajstić information content (AvgIpc) is 2.83. The summed E-state index contributed by atoms with van der Waals surface area (Å²) in [6.07, 6.45) is 7.89. The highest BCUT2D eigenvalue weighted by atomic mass is 16.2. The zero-order valence-electron chi connectivity index (χ0n) is 11.5. The highest BCUT2D eigenvalue weighted by Gasteiger charge is 2.40. The maximum Gasteiger partial charge on any atom is 0.227 e. The van der Waals surface area contributed by atoms with Gasteiger partial charge in [-0.25, -0.2) is 0 Å². The van der Waals surface area contributed by atoms with E-state index in [9.17, 15) is 4.79 Å². The normalized spacial score (nSPS) is 40.6. The molecule has 3 rings (SSSR count). The minimum absolute atomic E-state index is 0.241. The van der Waals surface area contributed by atoms with Crippen LogP contribution in [-0.2, 0) is 4.79 Å². The molecule has 3 heteroatoms. The summed E-state index contributed by atoms with van der Waals surface area (Å²) >= 11 is 0. The fraction of sp³-hybridized carbons (Fsp3) is 0.933. The van der Waals surface area contributed by atoms with E-state index in [1.54, 1.807) is 0 Å². The third-order valence-electron chi connectivity index (χ3n) is 5.36. The Morgan fingerprint density at radius 3 is 2.67 bits per heavy atom. The van der Waals surface area contributed by atoms with E-state index in [2.05, 4.69) is 17.1 Å². The molecule has 0 aromatic rings. The molecule has 1 amide bonds. The number of likely N-dealkylation sites (tertiary alicyclic amines) is 1. The van der Waals surface area contributed by atoms with Crippen molar-refractivity contribution >= 4 is 5.91 Å². The summed E-state index contributed by atoms with van der Waals surface area (Å²) in [6, 6.07) is 0.577. The highest BCUT2D eigenvalue weighted by molar-refractivity contribution is 5.80. The molecule has 2 unspecified atom stereocenters. The van der Waals surface area contributed by atoms with Crippen LogP contribution in [-0.4, -0.2) is 36.5 Å². The van der Waals surface area contributed by atoms with Gasteiger partial charge in [0.05, 0.1) is 5.92 Å². The van der Waals surface area contributed by atoms with Crippen LogP contribution >= 0.6 is 0 Å². The third-order valence-corrected chi connectivity index (χ3v) is 5.36. The molecule has 1 N–H and O–H groups in total. The first-order chi connectivity index (χ1) is 8.77. The fourth-order valence-electron chi connectivity index (χ4n) is 4.25. The number of carbonyl (C=O) groups excluding carboxylic acids is 1. The molecule has 0 aromatic carbocycles. The second-order valence-electron chi connectivity index (χ2n) is 6.53. The molecular weight excluding hydrogens is 224 g/mol. The molecule has 1 aliphatic carbocycles. The van der Waals surface area contributed by atoms with Crippen LogP contribution in [0, 0.1) is 17.8 Å². The molecule has 0 radical (unpaired) electrons. The quantitative estimate of drug-likeness (QED) is 0.772. The van der Waals surface area contributed by atoms with Gasteiger partial charge in [-0.05, 0) is 44.1 Å². The summed E-state index contributed by atoms with van der Waals surface area (Å²) in [4.78, 5) is 15.0. The van der Waals surface area contributed by atoms with Gasteiger partial charge in [0.1, 0.15) is 0 Å². The van der Waals surface area contributed by atoms with Gasteiger partial charge in [0, 0.05) is 19.1 Å². The molecule has 3 nitrogen and oxygen atoms in total. The van der Waals surface area contributed by atoms with Crippen LogP contribution in [0.1, 0.15) is 45.4 Å². The van der Waals surface area contributed by atoms with Gasteiger partial charge < -0.3 is 10.2 Å². The van der Waals surface area contributed by atoms with Gasteiger partial charge in [-0.15, -0.1) is 0 Å². The molecule has 2 heterocycles. The largest absolute Gasteiger partial charge is 0.339 e. The van der Waals surface area contributed by atoms with Crippen LogP contribution in [0.3, 0.4) is 0 Å². The highest BCUT2D eigenvalue weighted by Crippen LogP contribution is 2.36. The van der Waals surface area contributed by atoms with Gasteiger partial charge >= 0.3 is 0 Å². The Balaban J connectivity index is 1.71. The number of carbonyl (C=O) groups is 1. The maximum absolute atomic E-state index is 12.8. The predicted octanol–water partition coefficient (Wildman–Crippen LogP) is 2.02. The number of hydrogen-bond donors (Lipinski definition) is 1. The van der Waals surface area contributed by atoms with Crippen molar-refractivity contribution in [3.05, 3.63) is 0 Å². The lowest BCUT2D eigenvalue weighted by Crippen LogP contribution is -2.52. The Hall–Kier alpha value is -0.570. The van der Waals surface area contributed by atoms with E-state index in [0.717, 1.165) is 25.6 Å². The second kappa shape index (κ2) is 5.20. The van der Waals surface area contributed by atoms with E-state index in [0.29, 0.717) is 17.9 Å². The van der Waals surface area contributed by atoms with Crippen LogP contribution in [0.25, 0.3) is 0 Å². The van der Waals surface area contributed by atoms with Crippen LogP contribution < -0.4 is 5.32 Å². The maximum atomic E-state index is 12.8. The van der Waals surface area contributed by atoms with Gasteiger partial charge in [-0.2, -0.15) is 0 Å². The lowest BCUT2D eigenvalue weighted by molar-refractivity contribution is -0.142. The topological polar surface area (TPSA) is 32.3 Å². The molecule has 102 valence electrons. The summed E-state index contributed by atoms with van der Waals surface area (Å²) in [7, 11) is 0. The fourth-order valence-corrected chi connectivity index (χ4v) is 4.25. The summed E-state index contributed by atoms with van der Waals surface area (Å²) < 4.78 is 0. The Labute approximate surface area is 110 Å². The van der Waals surface area contributed by atoms with Gasteiger partial charge in [-0.3, -0.25) is 4.79 Å². The molecule has 1 saturated carbocycles. The van der Waals surface area contributed by atoms with Gasteiger partial charge in [0.2, 0.25) is 5.91 Å². The third kappa shape index (κ3) is 2.18. The van der Waals surface area contributed by atoms with E-state index < -0.39 is 0 Å². The van der Waals surface area contributed by atoms with E-state index in [-0.39, 0.29) is 5.92 Å². The van der Waals surface area contributed by atoms with E-state index in [4.69, 9.17) is 0 Å². The first kappa shape index (κ1) is 12.5. The Morgan fingerprint density at radius 1 is 1.11 bits per heavy atom. The standard InChI is InChI=1S/C15H26N2O/c1-11-9-16-10-13(11)15(18)17-8-4-6-12-5-2-3-7-14(12)17/h11-14,16H,2-10H2,1H3/t11-,12?,13-,14?/m1/s1. The number of rotatable bonds is 1. The molecular formula is C15H26N2O. The first-order valence-electron chi connectivity index (χ1n) is 7.78. The number of hydrogen-bond acceptors (Lipinski definition) is 2. The number of amides is 1. The molecule has 2 aliphatic heterocycles. The van der Waals surface area contributed by atoms with Crippen LogP contribution in [0.5, 0.6) is 0 Å². The van der Waals surface area contributed by atoms with Gasteiger partial charge in [-0.1, -0.05) is 19.8 Å². The SMILES string of the molecule is C[C@@H]1CNC[C@H]1C(=O)N1CCCC2CCCCC21. The lowest BCUT2D eigenvalue weighted by atomic mass is 9.77. The second-order valence-corrected chi connectivity index (χ2v) is 6.53. The van der Waals surface area contributed by atoms with E-state index in [1.807, 2.05) is 0 Å². The molecule has 18 heavy (non-hydrogen) atoms. The summed E-state index contributed by atoms with van der Waals surface area (Å²) in [5.74, 6) is 2.01.